The van der Waals surface area contributed by atoms with Crippen LogP contribution in [0.4, 0.5) is 0 Å². The van der Waals surface area contributed by atoms with Gasteiger partial charge in [-0.25, -0.2) is 0 Å². The predicted octanol–water partition coefficient (Wildman–Crippen LogP) is 2.16. The van der Waals surface area contributed by atoms with Gasteiger partial charge in [0.2, 0.25) is 0 Å². The van der Waals surface area contributed by atoms with E-state index in [1.807, 2.05) is 24.3 Å². The molecule has 0 aliphatic carbocycles. The van der Waals surface area contributed by atoms with E-state index >= 15 is 0 Å². The van der Waals surface area contributed by atoms with E-state index < -0.39 is 0 Å². The van der Waals surface area contributed by atoms with Crippen LogP contribution in [0.25, 0.3) is 0 Å². The first-order chi connectivity index (χ1) is 5.33. The van der Waals surface area contributed by atoms with Crippen LogP contribution in [-0.2, 0) is 12.6 Å². The number of benzene rings is 1. The molecule has 0 saturated heterocycles. The van der Waals surface area contributed by atoms with Gasteiger partial charge in [0.1, 0.15) is 12.4 Å². The second kappa shape index (κ2) is 3.98. The van der Waals surface area contributed by atoms with Gasteiger partial charge in [0, 0.05) is 0 Å². The molecule has 0 saturated carbocycles. The maximum Gasteiger partial charge on any atom is 0.119 e. The summed E-state index contributed by atoms with van der Waals surface area (Å²) >= 11 is 4.91. The van der Waals surface area contributed by atoms with Crippen molar-refractivity contribution < 1.29 is 4.74 Å². The monoisotopic (exact) mass is 165 g/mol. The summed E-state index contributed by atoms with van der Waals surface area (Å²) in [5.41, 5.74) is 0. The van der Waals surface area contributed by atoms with Crippen molar-refractivity contribution >= 4 is 12.6 Å². The Balaban J connectivity index is 2.58. The molecule has 1 aromatic carbocycles. The maximum absolute atomic E-state index is 5.25. The molecule has 0 radical (unpaired) electrons. The standard InChI is InChI=1S/C9H10OS/c1-2-7-10-8-3-5-9(11)6-4-8/h2-6,11H,1,7H2/p-1. The van der Waals surface area contributed by atoms with Crippen molar-refractivity contribution in [2.45, 2.75) is 4.90 Å². The molecule has 2 heteroatoms. The van der Waals surface area contributed by atoms with Crippen molar-refractivity contribution in [2.75, 3.05) is 6.61 Å². The van der Waals surface area contributed by atoms with Crippen molar-refractivity contribution in [1.82, 2.24) is 0 Å². The Morgan fingerprint density at radius 2 is 2.00 bits per heavy atom. The van der Waals surface area contributed by atoms with E-state index in [0.29, 0.717) is 6.61 Å². The molecule has 0 bridgehead atoms. The highest BCUT2D eigenvalue weighted by Gasteiger charge is 1.86. The zero-order chi connectivity index (χ0) is 8.10. The van der Waals surface area contributed by atoms with E-state index in [9.17, 15) is 0 Å². The zero-order valence-corrected chi connectivity index (χ0v) is 6.93. The first-order valence-electron chi connectivity index (χ1n) is 3.33. The molecular formula is C9H9OS-. The lowest BCUT2D eigenvalue weighted by molar-refractivity contribution is 0.363. The van der Waals surface area contributed by atoms with Crippen LogP contribution >= 0.6 is 0 Å². The zero-order valence-electron chi connectivity index (χ0n) is 6.12. The second-order valence-electron chi connectivity index (χ2n) is 2.07. The molecule has 0 N–H and O–H groups in total. The van der Waals surface area contributed by atoms with Gasteiger partial charge in [-0.3, -0.25) is 0 Å². The van der Waals surface area contributed by atoms with Crippen LogP contribution in [0, 0.1) is 0 Å². The summed E-state index contributed by atoms with van der Waals surface area (Å²) in [4.78, 5) is 0.830. The van der Waals surface area contributed by atoms with Crippen molar-refractivity contribution in [2.24, 2.45) is 0 Å². The lowest BCUT2D eigenvalue weighted by Crippen LogP contribution is -1.91. The summed E-state index contributed by atoms with van der Waals surface area (Å²) in [5, 5.41) is 0. The van der Waals surface area contributed by atoms with Crippen LogP contribution in [-0.4, -0.2) is 6.61 Å². The molecule has 0 atom stereocenters. The minimum atomic E-state index is 0.538. The molecule has 1 rings (SSSR count). The van der Waals surface area contributed by atoms with Crippen LogP contribution in [0.2, 0.25) is 0 Å². The van der Waals surface area contributed by atoms with Crippen LogP contribution < -0.4 is 4.74 Å². The Hall–Kier alpha value is -1.02. The Bertz CT molecular complexity index is 228. The van der Waals surface area contributed by atoms with Gasteiger partial charge in [-0.1, -0.05) is 24.8 Å². The molecule has 0 aromatic heterocycles. The molecule has 0 fully saturated rings. The fraction of sp³-hybridized carbons (Fsp3) is 0.111. The number of hydrogen-bond donors (Lipinski definition) is 0. The average Bonchev–Trinajstić information content (AvgIpc) is 2.04. The fourth-order valence-corrected chi connectivity index (χ4v) is 0.827. The summed E-state index contributed by atoms with van der Waals surface area (Å²) < 4.78 is 5.25. The lowest BCUT2D eigenvalue weighted by atomic mass is 10.3. The van der Waals surface area contributed by atoms with Gasteiger partial charge in [0.25, 0.3) is 0 Å². The van der Waals surface area contributed by atoms with E-state index in [-0.39, 0.29) is 0 Å². The van der Waals surface area contributed by atoms with E-state index in [4.69, 9.17) is 17.4 Å². The molecule has 0 aliphatic rings. The first kappa shape index (κ1) is 8.08. The number of rotatable bonds is 3. The first-order valence-corrected chi connectivity index (χ1v) is 3.74. The van der Waals surface area contributed by atoms with Crippen molar-refractivity contribution in [1.29, 1.82) is 0 Å². The topological polar surface area (TPSA) is 9.23 Å². The van der Waals surface area contributed by atoms with E-state index in [1.165, 1.54) is 0 Å². The normalized spacial score (nSPS) is 9.09. The van der Waals surface area contributed by atoms with Gasteiger partial charge < -0.3 is 17.4 Å². The second-order valence-corrected chi connectivity index (χ2v) is 2.54. The smallest absolute Gasteiger partial charge is 0.119 e. The van der Waals surface area contributed by atoms with Crippen LogP contribution in [0.15, 0.2) is 41.8 Å². The SMILES string of the molecule is C=CCOc1ccc([S-])cc1. The van der Waals surface area contributed by atoms with Crippen LogP contribution in [0.1, 0.15) is 0 Å². The molecule has 11 heavy (non-hydrogen) atoms. The van der Waals surface area contributed by atoms with Gasteiger partial charge >= 0.3 is 0 Å². The molecule has 0 unspecified atom stereocenters. The van der Waals surface area contributed by atoms with Crippen molar-refractivity contribution in [3.63, 3.8) is 0 Å². The minimum absolute atomic E-state index is 0.538. The molecule has 0 amide bonds. The summed E-state index contributed by atoms with van der Waals surface area (Å²) in [7, 11) is 0. The Labute approximate surface area is 72.1 Å². The van der Waals surface area contributed by atoms with E-state index in [0.717, 1.165) is 10.6 Å². The van der Waals surface area contributed by atoms with Crippen LogP contribution in [0.3, 0.4) is 0 Å². The van der Waals surface area contributed by atoms with E-state index in [1.54, 1.807) is 6.08 Å². The number of hydrogen-bond acceptors (Lipinski definition) is 2. The van der Waals surface area contributed by atoms with Gasteiger partial charge in [-0.2, -0.15) is 4.90 Å². The van der Waals surface area contributed by atoms with Gasteiger partial charge in [-0.05, 0) is 12.1 Å². The van der Waals surface area contributed by atoms with Crippen LogP contribution in [0.5, 0.6) is 5.75 Å². The molecule has 0 heterocycles. The molecule has 58 valence electrons. The third-order valence-corrected chi connectivity index (χ3v) is 1.46. The average molecular weight is 165 g/mol. The van der Waals surface area contributed by atoms with Gasteiger partial charge in [0.15, 0.2) is 0 Å². The Morgan fingerprint density at radius 3 is 2.55 bits per heavy atom. The maximum atomic E-state index is 5.25. The summed E-state index contributed by atoms with van der Waals surface area (Å²) in [6, 6.07) is 7.39. The highest BCUT2D eigenvalue weighted by molar-refractivity contribution is 7.58. The number of ether oxygens (including phenoxy) is 1. The van der Waals surface area contributed by atoms with Crippen molar-refractivity contribution in [3.8, 4) is 5.75 Å². The van der Waals surface area contributed by atoms with E-state index in [2.05, 4.69) is 6.58 Å². The highest BCUT2D eigenvalue weighted by Crippen LogP contribution is 2.11. The molecular weight excluding hydrogens is 156 g/mol. The Morgan fingerprint density at radius 1 is 1.36 bits per heavy atom. The van der Waals surface area contributed by atoms with Crippen molar-refractivity contribution in [3.05, 3.63) is 36.9 Å². The third-order valence-electron chi connectivity index (χ3n) is 1.19. The highest BCUT2D eigenvalue weighted by atomic mass is 32.1. The fourth-order valence-electron chi connectivity index (χ4n) is 0.691. The quantitative estimate of drug-likeness (QED) is 0.501. The predicted molar refractivity (Wildman–Crippen MR) is 47.8 cm³/mol. The molecule has 1 aromatic rings. The summed E-state index contributed by atoms with van der Waals surface area (Å²) in [6.07, 6.45) is 1.71. The molecule has 0 aliphatic heterocycles. The third kappa shape index (κ3) is 2.60. The summed E-state index contributed by atoms with van der Waals surface area (Å²) in [5.74, 6) is 0.832. The van der Waals surface area contributed by atoms with Gasteiger partial charge in [-0.15, -0.1) is 0 Å². The minimum Gasteiger partial charge on any atom is -0.780 e. The summed E-state index contributed by atoms with van der Waals surface area (Å²) in [6.45, 7) is 4.09. The Kier molecular flexibility index (Phi) is 2.93. The lowest BCUT2D eigenvalue weighted by Gasteiger charge is -2.06. The molecule has 0 spiro atoms. The molecule has 1 nitrogen and oxygen atoms in total. The largest absolute Gasteiger partial charge is 0.780 e. The van der Waals surface area contributed by atoms with Gasteiger partial charge in [0.05, 0.1) is 0 Å².